The van der Waals surface area contributed by atoms with Crippen LogP contribution in [0.5, 0.6) is 5.88 Å². The van der Waals surface area contributed by atoms with Crippen LogP contribution in [-0.4, -0.2) is 34.6 Å². The van der Waals surface area contributed by atoms with Crippen molar-refractivity contribution in [1.29, 1.82) is 0 Å². The molecule has 0 spiro atoms. The Labute approximate surface area is 93.3 Å². The predicted molar refractivity (Wildman–Crippen MR) is 40.0 cm³/mol. The van der Waals surface area contributed by atoms with Gasteiger partial charge in [-0.25, -0.2) is 12.1 Å². The fourth-order valence-electron chi connectivity index (χ4n) is 0.540. The van der Waals surface area contributed by atoms with Gasteiger partial charge < -0.3 is 21.7 Å². The monoisotopic (exact) mass is 225 g/mol. The van der Waals surface area contributed by atoms with E-state index in [1.807, 2.05) is 6.92 Å². The molecule has 0 fully saturated rings. The summed E-state index contributed by atoms with van der Waals surface area (Å²) in [6, 6.07) is 6.36. The van der Waals surface area contributed by atoms with Crippen LogP contribution in [0.4, 0.5) is 0 Å². The second kappa shape index (κ2) is 8.29. The molecule has 56 valence electrons. The largest absolute Gasteiger partial charge is 2.00 e. The quantitative estimate of drug-likeness (QED) is 0.426. The van der Waals surface area contributed by atoms with E-state index in [9.17, 15) is 0 Å². The first-order valence-electron chi connectivity index (χ1n) is 2.88. The van der Waals surface area contributed by atoms with Gasteiger partial charge in [-0.3, -0.25) is 4.98 Å². The van der Waals surface area contributed by atoms with E-state index in [0.29, 0.717) is 12.5 Å². The van der Waals surface area contributed by atoms with Crippen molar-refractivity contribution in [1.82, 2.24) is 4.98 Å². The first kappa shape index (κ1) is 13.8. The summed E-state index contributed by atoms with van der Waals surface area (Å²) < 4.78 is 5.07. The Balaban J connectivity index is 0. The van der Waals surface area contributed by atoms with E-state index in [-0.39, 0.29) is 40.0 Å². The van der Waals surface area contributed by atoms with E-state index < -0.39 is 0 Å². The molecule has 1 rings (SSSR count). The minimum Gasteiger partial charge on any atom is -1.00 e. The molecule has 0 amide bonds. The summed E-state index contributed by atoms with van der Waals surface area (Å²) in [4.78, 5) is 3.89. The topological polar surface area (TPSA) is 22.1 Å². The zero-order valence-corrected chi connectivity index (χ0v) is 9.38. The summed E-state index contributed by atoms with van der Waals surface area (Å²) in [5, 5.41) is 0. The molecule has 1 aromatic rings. The molecule has 0 aliphatic rings. The van der Waals surface area contributed by atoms with Gasteiger partial charge in [0.15, 0.2) is 0 Å². The third-order valence-electron chi connectivity index (χ3n) is 0.881. The molecule has 0 saturated carbocycles. The van der Waals surface area contributed by atoms with E-state index in [4.69, 9.17) is 4.74 Å². The number of hydrogen-bond donors (Lipinski definition) is 0. The Morgan fingerprint density at radius 3 is 2.82 bits per heavy atom. The van der Waals surface area contributed by atoms with Gasteiger partial charge in [0.05, 0.1) is 6.61 Å². The minimum absolute atomic E-state index is 0. The first-order valence-corrected chi connectivity index (χ1v) is 2.88. The molecule has 1 heterocycles. The van der Waals surface area contributed by atoms with E-state index >= 15 is 0 Å². The van der Waals surface area contributed by atoms with Crippen molar-refractivity contribution in [2.75, 3.05) is 6.61 Å². The maximum Gasteiger partial charge on any atom is 2.00 e. The third-order valence-corrected chi connectivity index (χ3v) is 0.881. The average Bonchev–Trinajstić information content (AvgIpc) is 1.91. The van der Waals surface area contributed by atoms with E-state index in [1.54, 1.807) is 18.3 Å². The Kier molecular flexibility index (Phi) is 10.4. The predicted octanol–water partition coefficient (Wildman–Crippen LogP) is -2.10. The molecule has 0 N–H and O–H groups in total. The zero-order valence-electron chi connectivity index (χ0n) is 6.38. The SMILES string of the molecule is CCOc1cc[c-]cn1.[Br-].[Mg+2]. The molecule has 0 radical (unpaired) electrons. The van der Waals surface area contributed by atoms with Crippen molar-refractivity contribution in [3.8, 4) is 5.88 Å². The van der Waals surface area contributed by atoms with E-state index in [0.717, 1.165) is 0 Å². The van der Waals surface area contributed by atoms with Crippen LogP contribution in [0.3, 0.4) is 0 Å². The number of halogens is 1. The normalized spacial score (nSPS) is 7.36. The van der Waals surface area contributed by atoms with Gasteiger partial charge in [0.2, 0.25) is 0 Å². The van der Waals surface area contributed by atoms with E-state index in [1.165, 1.54) is 0 Å². The van der Waals surface area contributed by atoms with Crippen molar-refractivity contribution in [3.63, 3.8) is 0 Å². The second-order valence-electron chi connectivity index (χ2n) is 1.53. The second-order valence-corrected chi connectivity index (χ2v) is 1.53. The molecule has 0 unspecified atom stereocenters. The molecule has 11 heavy (non-hydrogen) atoms. The van der Waals surface area contributed by atoms with Crippen LogP contribution >= 0.6 is 0 Å². The van der Waals surface area contributed by atoms with Crippen molar-refractivity contribution >= 4 is 23.1 Å². The van der Waals surface area contributed by atoms with Crippen LogP contribution in [-0.2, 0) is 0 Å². The summed E-state index contributed by atoms with van der Waals surface area (Å²) >= 11 is 0. The number of ether oxygens (including phenoxy) is 1. The van der Waals surface area contributed by atoms with Crippen LogP contribution in [0.25, 0.3) is 0 Å². The molecule has 0 atom stereocenters. The fraction of sp³-hybridized carbons (Fsp3) is 0.286. The van der Waals surface area contributed by atoms with Crippen LogP contribution < -0.4 is 21.7 Å². The summed E-state index contributed by atoms with van der Waals surface area (Å²) in [6.07, 6.45) is 1.59. The molecular formula is C7H8BrMgNO. The smallest absolute Gasteiger partial charge is 1.00 e. The van der Waals surface area contributed by atoms with Gasteiger partial charge in [0.1, 0.15) is 5.88 Å². The van der Waals surface area contributed by atoms with Gasteiger partial charge in [-0.15, -0.1) is 6.07 Å². The van der Waals surface area contributed by atoms with Crippen LogP contribution in [0.1, 0.15) is 6.92 Å². The Hall–Kier alpha value is 0.196. The fourth-order valence-corrected chi connectivity index (χ4v) is 0.540. The summed E-state index contributed by atoms with van der Waals surface area (Å²) in [6.45, 7) is 2.59. The summed E-state index contributed by atoms with van der Waals surface area (Å²) in [7, 11) is 0. The van der Waals surface area contributed by atoms with Crippen LogP contribution in [0.15, 0.2) is 18.3 Å². The van der Waals surface area contributed by atoms with Crippen molar-refractivity contribution < 1.29 is 21.7 Å². The molecular weight excluding hydrogens is 218 g/mol. The maximum atomic E-state index is 5.07. The standard InChI is InChI=1S/C7H8NO.BrH.Mg/c1-2-9-7-5-3-4-6-8-7;;/h3,5-6H,2H2,1H3;1H;/q-1;;+2/p-1. The minimum atomic E-state index is 0. The van der Waals surface area contributed by atoms with Gasteiger partial charge in [0, 0.05) is 0 Å². The number of rotatable bonds is 2. The average molecular weight is 226 g/mol. The molecule has 4 heteroatoms. The maximum absolute atomic E-state index is 5.07. The molecule has 0 saturated heterocycles. The molecule has 0 aliphatic heterocycles. The van der Waals surface area contributed by atoms with Crippen molar-refractivity contribution in [2.24, 2.45) is 0 Å². The molecule has 2 nitrogen and oxygen atoms in total. The summed E-state index contributed by atoms with van der Waals surface area (Å²) in [5.74, 6) is 0.663. The Bertz CT molecular complexity index is 171. The Morgan fingerprint density at radius 1 is 1.64 bits per heavy atom. The van der Waals surface area contributed by atoms with Gasteiger partial charge in [-0.05, 0) is 6.92 Å². The number of pyridine rings is 1. The van der Waals surface area contributed by atoms with Crippen LogP contribution in [0.2, 0.25) is 0 Å². The van der Waals surface area contributed by atoms with Gasteiger partial charge in [-0.2, -0.15) is 0 Å². The number of hydrogen-bond acceptors (Lipinski definition) is 2. The number of aromatic nitrogens is 1. The third kappa shape index (κ3) is 5.46. The Morgan fingerprint density at radius 2 is 2.36 bits per heavy atom. The molecule has 0 aromatic carbocycles. The van der Waals surface area contributed by atoms with Gasteiger partial charge in [-0.1, -0.05) is 6.20 Å². The molecule has 1 aromatic heterocycles. The zero-order chi connectivity index (χ0) is 6.53. The van der Waals surface area contributed by atoms with E-state index in [2.05, 4.69) is 11.1 Å². The van der Waals surface area contributed by atoms with Crippen LogP contribution in [0, 0.1) is 6.07 Å². The number of nitrogens with zero attached hydrogens (tertiary/aromatic N) is 1. The van der Waals surface area contributed by atoms with Crippen molar-refractivity contribution in [3.05, 3.63) is 24.4 Å². The first-order chi connectivity index (χ1) is 4.43. The summed E-state index contributed by atoms with van der Waals surface area (Å²) in [5.41, 5.74) is 0. The van der Waals surface area contributed by atoms with Gasteiger partial charge >= 0.3 is 23.1 Å². The molecule has 0 bridgehead atoms. The molecule has 0 aliphatic carbocycles. The van der Waals surface area contributed by atoms with Crippen molar-refractivity contribution in [2.45, 2.75) is 6.92 Å². The van der Waals surface area contributed by atoms with Gasteiger partial charge in [0.25, 0.3) is 0 Å².